The lowest BCUT2D eigenvalue weighted by molar-refractivity contribution is -0.115. The second-order valence-corrected chi connectivity index (χ2v) is 9.48. The van der Waals surface area contributed by atoms with Gasteiger partial charge in [-0.2, -0.15) is 0 Å². The van der Waals surface area contributed by atoms with Crippen LogP contribution in [0, 0.1) is 10.9 Å². The Kier molecular flexibility index (Phi) is 5.49. The molecule has 0 aliphatic carbocycles. The van der Waals surface area contributed by atoms with E-state index in [0.717, 1.165) is 42.3 Å². The van der Waals surface area contributed by atoms with Crippen LogP contribution in [0.2, 0.25) is 0 Å². The van der Waals surface area contributed by atoms with Gasteiger partial charge < -0.3 is 10.3 Å². The van der Waals surface area contributed by atoms with E-state index in [1.54, 1.807) is 11.3 Å². The highest BCUT2D eigenvalue weighted by Gasteiger charge is 2.21. The number of anilines is 1. The van der Waals surface area contributed by atoms with Crippen LogP contribution < -0.4 is 5.32 Å². The molecule has 4 rings (SSSR count). The predicted molar refractivity (Wildman–Crippen MR) is 113 cm³/mol. The molecule has 1 aliphatic rings. The molecule has 3 heterocycles. The molecule has 0 unspecified atom stereocenters. The fourth-order valence-electron chi connectivity index (χ4n) is 3.19. The Bertz CT molecular complexity index is 1010. The summed E-state index contributed by atoms with van der Waals surface area (Å²) in [6, 6.07) is 10.5. The molecule has 1 aliphatic heterocycles. The van der Waals surface area contributed by atoms with Crippen LogP contribution in [-0.4, -0.2) is 27.3 Å². The number of aryl methyl sites for hydroxylation is 1. The molecule has 5 nitrogen and oxygen atoms in total. The zero-order chi connectivity index (χ0) is 18.8. The van der Waals surface area contributed by atoms with Crippen molar-refractivity contribution in [2.75, 3.05) is 11.9 Å². The lowest BCUT2D eigenvalue weighted by Gasteiger charge is -2.25. The average Bonchev–Trinajstić information content (AvgIpc) is 3.17. The molecule has 140 valence electrons. The highest BCUT2D eigenvalue weighted by molar-refractivity contribution is 7.73. The van der Waals surface area contributed by atoms with Crippen molar-refractivity contribution in [3.05, 3.63) is 61.0 Å². The molecule has 27 heavy (non-hydrogen) atoms. The Hall–Kier alpha value is -1.87. The average molecular weight is 417 g/mol. The Labute approximate surface area is 171 Å². The van der Waals surface area contributed by atoms with Crippen molar-refractivity contribution < 1.29 is 4.79 Å². The standard InChI is InChI=1S/C19H20N4OS3/c1-12-15(27-19(25)20-12)9-17(24)22-18-21-14-7-8-23(11-16(14)26-18)10-13-5-3-2-4-6-13/h2-6H,7-11H2,1H3,(H,20,25)(H,21,22,24). The molecule has 1 amide bonds. The molecule has 0 saturated carbocycles. The number of aromatic amines is 1. The molecule has 0 radical (unpaired) electrons. The van der Waals surface area contributed by atoms with Gasteiger partial charge in [-0.1, -0.05) is 30.3 Å². The maximum absolute atomic E-state index is 12.4. The number of thiazole rings is 2. The highest BCUT2D eigenvalue weighted by atomic mass is 32.1. The molecule has 0 bridgehead atoms. The number of aromatic nitrogens is 2. The molecule has 3 aromatic rings. The van der Waals surface area contributed by atoms with Crippen molar-refractivity contribution in [3.63, 3.8) is 0 Å². The number of rotatable bonds is 5. The van der Waals surface area contributed by atoms with Gasteiger partial charge in [0, 0.05) is 41.5 Å². The van der Waals surface area contributed by atoms with E-state index in [4.69, 9.17) is 12.2 Å². The predicted octanol–water partition coefficient (Wildman–Crippen LogP) is 4.31. The van der Waals surface area contributed by atoms with Gasteiger partial charge in [0.05, 0.1) is 12.1 Å². The van der Waals surface area contributed by atoms with E-state index in [1.807, 2.05) is 13.0 Å². The summed E-state index contributed by atoms with van der Waals surface area (Å²) < 4.78 is 0.707. The van der Waals surface area contributed by atoms with Crippen LogP contribution in [0.3, 0.4) is 0 Å². The molecule has 0 spiro atoms. The van der Waals surface area contributed by atoms with E-state index in [0.29, 0.717) is 15.5 Å². The Morgan fingerprint density at radius 2 is 2.15 bits per heavy atom. The summed E-state index contributed by atoms with van der Waals surface area (Å²) in [5.74, 6) is -0.0458. The summed E-state index contributed by atoms with van der Waals surface area (Å²) in [5, 5.41) is 3.65. The number of fused-ring (bicyclic) bond motifs is 1. The van der Waals surface area contributed by atoms with Gasteiger partial charge >= 0.3 is 0 Å². The molecule has 2 aromatic heterocycles. The van der Waals surface area contributed by atoms with Crippen molar-refractivity contribution in [2.24, 2.45) is 0 Å². The first-order valence-corrected chi connectivity index (χ1v) is 10.8. The third-order valence-corrected chi connectivity index (χ3v) is 6.88. The largest absolute Gasteiger partial charge is 0.341 e. The van der Waals surface area contributed by atoms with Crippen LogP contribution in [0.5, 0.6) is 0 Å². The summed E-state index contributed by atoms with van der Waals surface area (Å²) in [6.45, 7) is 4.76. The van der Waals surface area contributed by atoms with Crippen LogP contribution in [0.4, 0.5) is 5.13 Å². The topological polar surface area (TPSA) is 61.0 Å². The maximum atomic E-state index is 12.4. The monoisotopic (exact) mass is 416 g/mol. The number of carbonyl (C=O) groups excluding carboxylic acids is 1. The Morgan fingerprint density at radius 3 is 2.89 bits per heavy atom. The second-order valence-electron chi connectivity index (χ2n) is 6.62. The molecule has 1 aromatic carbocycles. The van der Waals surface area contributed by atoms with Crippen LogP contribution >= 0.6 is 34.9 Å². The number of benzene rings is 1. The number of nitrogens with zero attached hydrogens (tertiary/aromatic N) is 2. The third kappa shape index (κ3) is 4.52. The zero-order valence-corrected chi connectivity index (χ0v) is 17.4. The molecule has 2 N–H and O–H groups in total. The van der Waals surface area contributed by atoms with Gasteiger partial charge in [0.15, 0.2) is 9.09 Å². The normalized spacial score (nSPS) is 14.1. The first kappa shape index (κ1) is 18.5. The number of amides is 1. The van der Waals surface area contributed by atoms with E-state index in [2.05, 4.69) is 44.5 Å². The lowest BCUT2D eigenvalue weighted by Crippen LogP contribution is -2.29. The minimum absolute atomic E-state index is 0.0458. The Morgan fingerprint density at radius 1 is 1.33 bits per heavy atom. The summed E-state index contributed by atoms with van der Waals surface area (Å²) in [5.41, 5.74) is 3.41. The van der Waals surface area contributed by atoms with E-state index >= 15 is 0 Å². The summed E-state index contributed by atoms with van der Waals surface area (Å²) in [7, 11) is 0. The van der Waals surface area contributed by atoms with Crippen molar-refractivity contribution in [1.82, 2.24) is 14.9 Å². The molecule has 0 fully saturated rings. The van der Waals surface area contributed by atoms with E-state index < -0.39 is 0 Å². The maximum Gasteiger partial charge on any atom is 0.231 e. The summed E-state index contributed by atoms with van der Waals surface area (Å²) in [4.78, 5) is 24.7. The van der Waals surface area contributed by atoms with Crippen molar-refractivity contribution in [3.8, 4) is 0 Å². The fourth-order valence-corrected chi connectivity index (χ4v) is 5.55. The van der Waals surface area contributed by atoms with E-state index in [9.17, 15) is 4.79 Å². The zero-order valence-electron chi connectivity index (χ0n) is 14.9. The summed E-state index contributed by atoms with van der Waals surface area (Å²) >= 11 is 8.18. The highest BCUT2D eigenvalue weighted by Crippen LogP contribution is 2.29. The van der Waals surface area contributed by atoms with Gasteiger partial charge in [0.1, 0.15) is 0 Å². The van der Waals surface area contributed by atoms with Gasteiger partial charge in [-0.25, -0.2) is 4.98 Å². The lowest BCUT2D eigenvalue weighted by atomic mass is 10.1. The number of H-pyrrole nitrogens is 1. The molecule has 8 heteroatoms. The number of hydrogen-bond donors (Lipinski definition) is 2. The summed E-state index contributed by atoms with van der Waals surface area (Å²) in [6.07, 6.45) is 1.25. The van der Waals surface area contributed by atoms with Crippen molar-refractivity contribution in [2.45, 2.75) is 32.9 Å². The SMILES string of the molecule is Cc1[nH]c(=S)sc1CC(=O)Nc1nc2c(s1)CN(Cc1ccccc1)CC2. The minimum atomic E-state index is -0.0458. The van der Waals surface area contributed by atoms with Gasteiger partial charge in [0.25, 0.3) is 0 Å². The Balaban J connectivity index is 1.38. The molecular formula is C19H20N4OS3. The minimum Gasteiger partial charge on any atom is -0.341 e. The van der Waals surface area contributed by atoms with Crippen LogP contribution in [0.15, 0.2) is 30.3 Å². The van der Waals surface area contributed by atoms with Crippen LogP contribution in [0.25, 0.3) is 0 Å². The first-order valence-electron chi connectivity index (χ1n) is 8.80. The van der Waals surface area contributed by atoms with E-state index in [1.165, 1.54) is 21.8 Å². The number of carbonyl (C=O) groups is 1. The third-order valence-electron chi connectivity index (χ3n) is 4.55. The molecule has 0 saturated heterocycles. The molecule has 0 atom stereocenters. The van der Waals surface area contributed by atoms with Gasteiger partial charge in [-0.15, -0.1) is 22.7 Å². The number of hydrogen-bond acceptors (Lipinski definition) is 6. The quantitative estimate of drug-likeness (QED) is 0.609. The van der Waals surface area contributed by atoms with Gasteiger partial charge in [-0.3, -0.25) is 9.69 Å². The first-order chi connectivity index (χ1) is 13.1. The van der Waals surface area contributed by atoms with Crippen molar-refractivity contribution >= 4 is 45.9 Å². The van der Waals surface area contributed by atoms with Crippen LogP contribution in [-0.2, 0) is 30.7 Å². The van der Waals surface area contributed by atoms with E-state index in [-0.39, 0.29) is 5.91 Å². The number of nitrogens with one attached hydrogen (secondary N) is 2. The molecular weight excluding hydrogens is 396 g/mol. The van der Waals surface area contributed by atoms with Crippen molar-refractivity contribution in [1.29, 1.82) is 0 Å². The van der Waals surface area contributed by atoms with Gasteiger partial charge in [0.2, 0.25) is 5.91 Å². The fraction of sp³-hybridized carbons (Fsp3) is 0.316. The second kappa shape index (κ2) is 8.02. The van der Waals surface area contributed by atoms with Gasteiger partial charge in [-0.05, 0) is 24.7 Å². The smallest absolute Gasteiger partial charge is 0.231 e. The van der Waals surface area contributed by atoms with Crippen LogP contribution in [0.1, 0.15) is 26.7 Å².